The van der Waals surface area contributed by atoms with Crippen LogP contribution in [0.2, 0.25) is 0 Å². The van der Waals surface area contributed by atoms with Crippen LogP contribution in [0, 0.1) is 5.92 Å². The van der Waals surface area contributed by atoms with E-state index in [4.69, 9.17) is 28.7 Å². The maximum Gasteiger partial charge on any atom is 0.243 e. The highest BCUT2D eigenvalue weighted by atomic mass is 16.2. The van der Waals surface area contributed by atoms with Crippen LogP contribution in [-0.2, 0) is 33.6 Å². The molecule has 17 nitrogen and oxygen atoms in total. The van der Waals surface area contributed by atoms with Gasteiger partial charge in [-0.15, -0.1) is 0 Å². The molecule has 17 heteroatoms. The highest BCUT2D eigenvalue weighted by molar-refractivity contribution is 5.95. The van der Waals surface area contributed by atoms with Gasteiger partial charge in [0.2, 0.25) is 35.4 Å². The second kappa shape index (κ2) is 18.9. The molecule has 0 fully saturated rings. The van der Waals surface area contributed by atoms with Crippen molar-refractivity contribution in [1.82, 2.24) is 21.3 Å². The summed E-state index contributed by atoms with van der Waals surface area (Å²) in [5.41, 5.74) is 26.7. The molecule has 0 aromatic heterocycles. The van der Waals surface area contributed by atoms with E-state index < -0.39 is 65.7 Å². The lowest BCUT2D eigenvalue weighted by Crippen LogP contribution is -2.58. The first-order valence-corrected chi connectivity index (χ1v) is 13.1. The maximum atomic E-state index is 12.9. The van der Waals surface area contributed by atoms with Gasteiger partial charge in [0.15, 0.2) is 5.96 Å². The zero-order valence-electron chi connectivity index (χ0n) is 23.7. The Morgan fingerprint density at radius 2 is 1.22 bits per heavy atom. The van der Waals surface area contributed by atoms with Crippen LogP contribution in [0.5, 0.6) is 0 Å². The number of hydrogen-bond donors (Lipinski definition) is 9. The summed E-state index contributed by atoms with van der Waals surface area (Å²) in [5, 5.41) is 9.85. The van der Waals surface area contributed by atoms with Gasteiger partial charge in [-0.1, -0.05) is 13.8 Å². The van der Waals surface area contributed by atoms with E-state index in [1.54, 1.807) is 13.8 Å². The number of carbonyl (C=O) groups excluding carboxylic acids is 7. The highest BCUT2D eigenvalue weighted by Crippen LogP contribution is 2.05. The first-order chi connectivity index (χ1) is 19.1. The van der Waals surface area contributed by atoms with Gasteiger partial charge in [-0.2, -0.15) is 0 Å². The second-order valence-electron chi connectivity index (χ2n) is 9.83. The van der Waals surface area contributed by atoms with Gasteiger partial charge in [-0.05, 0) is 38.5 Å². The lowest BCUT2D eigenvalue weighted by molar-refractivity contribution is -0.134. The molecular weight excluding hydrogens is 540 g/mol. The third kappa shape index (κ3) is 15.8. The van der Waals surface area contributed by atoms with Gasteiger partial charge in [0.25, 0.3) is 0 Å². The van der Waals surface area contributed by atoms with E-state index in [1.807, 2.05) is 0 Å². The van der Waals surface area contributed by atoms with E-state index in [2.05, 4.69) is 26.3 Å². The molecule has 0 bridgehead atoms. The lowest BCUT2D eigenvalue weighted by atomic mass is 10.0. The summed E-state index contributed by atoms with van der Waals surface area (Å²) >= 11 is 0. The highest BCUT2D eigenvalue weighted by Gasteiger charge is 2.29. The lowest BCUT2D eigenvalue weighted by Gasteiger charge is -2.25. The molecule has 0 saturated carbocycles. The van der Waals surface area contributed by atoms with Crippen LogP contribution in [0.4, 0.5) is 0 Å². The Morgan fingerprint density at radius 3 is 1.73 bits per heavy atom. The summed E-state index contributed by atoms with van der Waals surface area (Å²) in [7, 11) is 0. The number of aldehydes is 1. The van der Waals surface area contributed by atoms with Gasteiger partial charge in [0, 0.05) is 19.4 Å². The van der Waals surface area contributed by atoms with E-state index in [9.17, 15) is 33.6 Å². The van der Waals surface area contributed by atoms with Crippen molar-refractivity contribution in [3.8, 4) is 0 Å². The zero-order chi connectivity index (χ0) is 31.7. The molecule has 6 amide bonds. The van der Waals surface area contributed by atoms with Gasteiger partial charge < -0.3 is 54.7 Å². The van der Waals surface area contributed by atoms with Crippen molar-refractivity contribution in [2.45, 2.75) is 89.5 Å². The number of nitrogens with zero attached hydrogens (tertiary/aromatic N) is 1. The Labute approximate surface area is 238 Å². The topological polar surface area (TPSA) is 310 Å². The summed E-state index contributed by atoms with van der Waals surface area (Å²) in [6.45, 7) is 4.92. The Kier molecular flexibility index (Phi) is 16.9. The van der Waals surface area contributed by atoms with Crippen LogP contribution >= 0.6 is 0 Å². The number of nitrogens with one attached hydrogen (secondary N) is 4. The number of primary amides is 2. The average molecular weight is 585 g/mol. The standard InChI is InChI=1S/C24H44N10O7/c1-12(2)19(27)23(41)34-16(7-9-18(26)37)21(39)31-13(3)20(38)33-15(5-4-10-30-24(28)29)22(40)32-14(11-35)6-8-17(25)36/h11-16,19H,4-10,27H2,1-3H3,(H2,25,36)(H2,26,37)(H,31,39)(H,32,40)(H,33,38)(H,34,41)(H4,28,29,30)/t13-,14-,15-,16-,19-/m0/s1. The van der Waals surface area contributed by atoms with Crippen LogP contribution < -0.4 is 49.9 Å². The number of amides is 6. The van der Waals surface area contributed by atoms with Crippen molar-refractivity contribution in [3.63, 3.8) is 0 Å². The number of nitrogens with two attached hydrogens (primary N) is 5. The molecule has 0 aromatic rings. The summed E-state index contributed by atoms with van der Waals surface area (Å²) < 4.78 is 0. The molecule has 0 heterocycles. The first-order valence-electron chi connectivity index (χ1n) is 13.1. The van der Waals surface area contributed by atoms with Gasteiger partial charge in [0.1, 0.15) is 24.4 Å². The van der Waals surface area contributed by atoms with Crippen LogP contribution in [0.25, 0.3) is 0 Å². The van der Waals surface area contributed by atoms with Crippen LogP contribution in [0.3, 0.4) is 0 Å². The van der Waals surface area contributed by atoms with Crippen molar-refractivity contribution >= 4 is 47.7 Å². The molecular formula is C24H44N10O7. The van der Waals surface area contributed by atoms with Gasteiger partial charge in [-0.3, -0.25) is 33.8 Å². The van der Waals surface area contributed by atoms with E-state index >= 15 is 0 Å². The number of carbonyl (C=O) groups is 7. The smallest absolute Gasteiger partial charge is 0.243 e. The summed E-state index contributed by atoms with van der Waals surface area (Å²) in [5.74, 6) is -4.64. The van der Waals surface area contributed by atoms with E-state index in [0.29, 0.717) is 6.29 Å². The minimum atomic E-state index is -1.22. The molecule has 0 aromatic carbocycles. The molecule has 0 radical (unpaired) electrons. The molecule has 0 unspecified atom stereocenters. The van der Waals surface area contributed by atoms with Crippen molar-refractivity contribution in [1.29, 1.82) is 0 Å². The van der Waals surface area contributed by atoms with Crippen molar-refractivity contribution in [3.05, 3.63) is 0 Å². The molecule has 0 saturated heterocycles. The van der Waals surface area contributed by atoms with Crippen LogP contribution in [-0.4, -0.2) is 84.4 Å². The van der Waals surface area contributed by atoms with Crippen LogP contribution in [0.15, 0.2) is 4.99 Å². The van der Waals surface area contributed by atoms with E-state index in [1.165, 1.54) is 6.92 Å². The molecule has 5 atom stereocenters. The molecule has 0 aliphatic rings. The third-order valence-electron chi connectivity index (χ3n) is 5.86. The number of aliphatic imine (C=N–C) groups is 1. The predicted octanol–water partition coefficient (Wildman–Crippen LogP) is -4.29. The van der Waals surface area contributed by atoms with Gasteiger partial charge in [0.05, 0.1) is 12.1 Å². The molecule has 41 heavy (non-hydrogen) atoms. The van der Waals surface area contributed by atoms with E-state index in [0.717, 1.165) is 0 Å². The zero-order valence-corrected chi connectivity index (χ0v) is 23.7. The minimum absolute atomic E-state index is 0.0371. The fourth-order valence-electron chi connectivity index (χ4n) is 3.33. The summed E-state index contributed by atoms with van der Waals surface area (Å²) in [6.07, 6.45) is 0.214. The van der Waals surface area contributed by atoms with Crippen molar-refractivity contribution in [2.75, 3.05) is 6.54 Å². The van der Waals surface area contributed by atoms with E-state index in [-0.39, 0.29) is 56.9 Å². The van der Waals surface area contributed by atoms with Gasteiger partial charge in [-0.25, -0.2) is 0 Å². The number of hydrogen-bond acceptors (Lipinski definition) is 9. The fourth-order valence-corrected chi connectivity index (χ4v) is 3.33. The summed E-state index contributed by atoms with van der Waals surface area (Å²) in [6, 6.07) is -5.53. The molecule has 14 N–H and O–H groups in total. The molecule has 0 rings (SSSR count). The molecule has 0 aliphatic carbocycles. The minimum Gasteiger partial charge on any atom is -0.370 e. The molecule has 232 valence electrons. The first kappa shape index (κ1) is 36.7. The Hall–Kier alpha value is -4.28. The average Bonchev–Trinajstić information content (AvgIpc) is 2.88. The summed E-state index contributed by atoms with van der Waals surface area (Å²) in [4.78, 5) is 88.6. The van der Waals surface area contributed by atoms with Crippen molar-refractivity contribution < 1.29 is 33.6 Å². The normalized spacial score (nSPS) is 14.4. The van der Waals surface area contributed by atoms with Crippen molar-refractivity contribution in [2.24, 2.45) is 39.6 Å². The third-order valence-corrected chi connectivity index (χ3v) is 5.86. The number of rotatable bonds is 20. The Bertz CT molecular complexity index is 968. The largest absolute Gasteiger partial charge is 0.370 e. The Balaban J connectivity index is 5.54. The number of guanidine groups is 1. The maximum absolute atomic E-state index is 12.9. The fraction of sp³-hybridized carbons (Fsp3) is 0.667. The predicted molar refractivity (Wildman–Crippen MR) is 149 cm³/mol. The van der Waals surface area contributed by atoms with Gasteiger partial charge >= 0.3 is 0 Å². The molecule has 0 spiro atoms. The SMILES string of the molecule is CC(C)[C@H](N)C(=O)N[C@@H](CCC(N)=O)C(=O)N[C@@H](C)C(=O)N[C@@H](CCCN=C(N)N)C(=O)N[C@H](C=O)CCC(N)=O. The second-order valence-corrected chi connectivity index (χ2v) is 9.83. The van der Waals surface area contributed by atoms with Crippen LogP contribution in [0.1, 0.15) is 59.3 Å². The molecule has 0 aliphatic heterocycles. The monoisotopic (exact) mass is 584 g/mol. The Morgan fingerprint density at radius 1 is 0.707 bits per heavy atom. The quantitative estimate of drug-likeness (QED) is 0.0287.